The van der Waals surface area contributed by atoms with E-state index in [1.165, 1.54) is 0 Å². The first-order valence-corrected chi connectivity index (χ1v) is 9.44. The van der Waals surface area contributed by atoms with Crippen LogP contribution in [-0.4, -0.2) is 32.9 Å². The maximum atomic E-state index is 13.2. The Balaban J connectivity index is 1.67. The molecular formula is C23H20N4O3. The van der Waals surface area contributed by atoms with E-state index in [1.807, 2.05) is 30.3 Å². The van der Waals surface area contributed by atoms with E-state index < -0.39 is 0 Å². The van der Waals surface area contributed by atoms with Crippen molar-refractivity contribution in [2.24, 2.45) is 0 Å². The lowest BCUT2D eigenvalue weighted by Gasteiger charge is -2.22. The largest absolute Gasteiger partial charge is 0.497 e. The van der Waals surface area contributed by atoms with Crippen LogP contribution >= 0.6 is 0 Å². The van der Waals surface area contributed by atoms with Gasteiger partial charge in [-0.15, -0.1) is 0 Å². The van der Waals surface area contributed by atoms with Crippen molar-refractivity contribution < 1.29 is 9.53 Å². The fraction of sp³-hybridized carbons (Fsp3) is 0.130. The third-order valence-corrected chi connectivity index (χ3v) is 4.75. The lowest BCUT2D eigenvalue weighted by Crippen LogP contribution is -2.31. The molecule has 0 atom stereocenters. The van der Waals surface area contributed by atoms with E-state index in [-0.39, 0.29) is 18.0 Å². The summed E-state index contributed by atoms with van der Waals surface area (Å²) in [6.45, 7) is 0.509. The summed E-state index contributed by atoms with van der Waals surface area (Å²) in [7, 11) is 1.61. The quantitative estimate of drug-likeness (QED) is 0.537. The molecule has 0 fully saturated rings. The lowest BCUT2D eigenvalue weighted by atomic mass is 10.1. The number of benzene rings is 2. The van der Waals surface area contributed by atoms with Gasteiger partial charge in [0.2, 0.25) is 0 Å². The highest BCUT2D eigenvalue weighted by atomic mass is 16.5. The van der Waals surface area contributed by atoms with Gasteiger partial charge in [-0.1, -0.05) is 24.3 Å². The summed E-state index contributed by atoms with van der Waals surface area (Å²) in [4.78, 5) is 38.6. The van der Waals surface area contributed by atoms with Crippen LogP contribution in [0.3, 0.4) is 0 Å². The molecule has 2 aromatic carbocycles. The van der Waals surface area contributed by atoms with Gasteiger partial charge in [0.05, 0.1) is 24.6 Å². The number of amides is 1. The monoisotopic (exact) mass is 400 g/mol. The van der Waals surface area contributed by atoms with Crippen LogP contribution in [0.5, 0.6) is 5.75 Å². The number of fused-ring (bicyclic) bond motifs is 1. The van der Waals surface area contributed by atoms with Gasteiger partial charge in [-0.05, 0) is 42.0 Å². The van der Waals surface area contributed by atoms with Gasteiger partial charge in [0.25, 0.3) is 11.5 Å². The zero-order chi connectivity index (χ0) is 20.9. The number of aromatic amines is 1. The smallest absolute Gasteiger partial charge is 0.258 e. The SMILES string of the molecule is COc1ccc(CN(Cc2nc3ccccc3c(=O)[nH]2)C(=O)c2ccncc2)cc1. The van der Waals surface area contributed by atoms with Gasteiger partial charge in [-0.2, -0.15) is 0 Å². The number of nitrogens with zero attached hydrogens (tertiary/aromatic N) is 3. The Morgan fingerprint density at radius 2 is 1.73 bits per heavy atom. The number of hydrogen-bond acceptors (Lipinski definition) is 5. The van der Waals surface area contributed by atoms with Gasteiger partial charge in [-0.25, -0.2) is 4.98 Å². The molecule has 0 aliphatic carbocycles. The molecule has 150 valence electrons. The first-order chi connectivity index (χ1) is 14.6. The van der Waals surface area contributed by atoms with Gasteiger partial charge in [0.1, 0.15) is 11.6 Å². The van der Waals surface area contributed by atoms with Crippen LogP contribution in [0, 0.1) is 0 Å². The van der Waals surface area contributed by atoms with Crippen LogP contribution in [0.2, 0.25) is 0 Å². The molecule has 7 heteroatoms. The van der Waals surface area contributed by atoms with Crippen molar-refractivity contribution in [1.29, 1.82) is 0 Å². The van der Waals surface area contributed by atoms with E-state index in [4.69, 9.17) is 4.74 Å². The topological polar surface area (TPSA) is 88.2 Å². The Morgan fingerprint density at radius 1 is 1.00 bits per heavy atom. The molecule has 4 aromatic rings. The Labute approximate surface area is 173 Å². The number of ether oxygens (including phenoxy) is 1. The van der Waals surface area contributed by atoms with Crippen LogP contribution in [0.1, 0.15) is 21.7 Å². The van der Waals surface area contributed by atoms with Crippen LogP contribution in [0.25, 0.3) is 10.9 Å². The average molecular weight is 400 g/mol. The summed E-state index contributed by atoms with van der Waals surface area (Å²) in [6, 6.07) is 18.0. The van der Waals surface area contributed by atoms with Gasteiger partial charge >= 0.3 is 0 Å². The summed E-state index contributed by atoms with van der Waals surface area (Å²) < 4.78 is 5.20. The number of hydrogen-bond donors (Lipinski definition) is 1. The molecule has 7 nitrogen and oxygen atoms in total. The van der Waals surface area contributed by atoms with Crippen molar-refractivity contribution in [3.63, 3.8) is 0 Å². The standard InChI is InChI=1S/C23H20N4O3/c1-30-18-8-6-16(7-9-18)14-27(23(29)17-10-12-24-13-11-17)15-21-25-20-5-3-2-4-19(20)22(28)26-21/h2-13H,14-15H2,1H3,(H,25,26,28). The van der Waals surface area contributed by atoms with E-state index in [0.29, 0.717) is 28.8 Å². The van der Waals surface area contributed by atoms with Crippen molar-refractivity contribution in [2.75, 3.05) is 7.11 Å². The minimum Gasteiger partial charge on any atom is -0.497 e. The third kappa shape index (κ3) is 4.20. The van der Waals surface area contributed by atoms with Crippen molar-refractivity contribution in [1.82, 2.24) is 19.9 Å². The molecule has 4 rings (SSSR count). The number of rotatable bonds is 6. The predicted molar refractivity (Wildman–Crippen MR) is 113 cm³/mol. The normalized spacial score (nSPS) is 10.7. The zero-order valence-corrected chi connectivity index (χ0v) is 16.4. The molecule has 0 saturated heterocycles. The summed E-state index contributed by atoms with van der Waals surface area (Å²) in [6.07, 6.45) is 3.16. The second-order valence-corrected chi connectivity index (χ2v) is 6.77. The lowest BCUT2D eigenvalue weighted by molar-refractivity contribution is 0.0725. The third-order valence-electron chi connectivity index (χ3n) is 4.75. The summed E-state index contributed by atoms with van der Waals surface area (Å²) in [5, 5.41) is 0.517. The second-order valence-electron chi connectivity index (χ2n) is 6.77. The van der Waals surface area contributed by atoms with Gasteiger partial charge in [-0.3, -0.25) is 14.6 Å². The van der Waals surface area contributed by atoms with Crippen LogP contribution in [0.15, 0.2) is 77.9 Å². The molecule has 1 N–H and O–H groups in total. The van der Waals surface area contributed by atoms with Crippen molar-refractivity contribution in [3.8, 4) is 5.75 Å². The molecule has 2 heterocycles. The molecule has 0 unspecified atom stereocenters. The number of H-pyrrole nitrogens is 1. The van der Waals surface area contributed by atoms with E-state index in [1.54, 1.807) is 54.7 Å². The Bertz CT molecular complexity index is 1220. The highest BCUT2D eigenvalue weighted by Crippen LogP contribution is 2.16. The molecule has 0 spiro atoms. The minimum atomic E-state index is -0.226. The number of para-hydroxylation sites is 1. The number of carbonyl (C=O) groups is 1. The van der Waals surface area contributed by atoms with E-state index >= 15 is 0 Å². The zero-order valence-electron chi connectivity index (χ0n) is 16.4. The maximum Gasteiger partial charge on any atom is 0.258 e. The minimum absolute atomic E-state index is 0.160. The van der Waals surface area contributed by atoms with Gasteiger partial charge < -0.3 is 14.6 Å². The summed E-state index contributed by atoms with van der Waals surface area (Å²) >= 11 is 0. The first-order valence-electron chi connectivity index (χ1n) is 9.44. The first kappa shape index (κ1) is 19.3. The Kier molecular flexibility index (Phi) is 5.52. The molecule has 0 aliphatic rings. The number of methoxy groups -OCH3 is 1. The predicted octanol–water partition coefficient (Wildman–Crippen LogP) is 3.17. The van der Waals surface area contributed by atoms with E-state index in [0.717, 1.165) is 11.3 Å². The average Bonchev–Trinajstić information content (AvgIpc) is 2.79. The van der Waals surface area contributed by atoms with Crippen LogP contribution < -0.4 is 10.3 Å². The van der Waals surface area contributed by atoms with Crippen molar-refractivity contribution >= 4 is 16.8 Å². The number of pyridine rings is 1. The summed E-state index contributed by atoms with van der Waals surface area (Å²) in [5.41, 5.74) is 1.82. The molecule has 1 amide bonds. The highest BCUT2D eigenvalue weighted by Gasteiger charge is 2.18. The Hall–Kier alpha value is -4.00. The fourth-order valence-corrected chi connectivity index (χ4v) is 3.22. The van der Waals surface area contributed by atoms with E-state index in [9.17, 15) is 9.59 Å². The van der Waals surface area contributed by atoms with Crippen molar-refractivity contribution in [3.05, 3.63) is 100 Å². The van der Waals surface area contributed by atoms with Crippen LogP contribution in [-0.2, 0) is 13.1 Å². The molecule has 0 aliphatic heterocycles. The van der Waals surface area contributed by atoms with Gasteiger partial charge in [0, 0.05) is 24.5 Å². The second kappa shape index (κ2) is 8.57. The fourth-order valence-electron chi connectivity index (χ4n) is 3.22. The molecule has 2 aromatic heterocycles. The van der Waals surface area contributed by atoms with Gasteiger partial charge in [0.15, 0.2) is 0 Å². The van der Waals surface area contributed by atoms with Crippen LogP contribution in [0.4, 0.5) is 0 Å². The number of carbonyl (C=O) groups excluding carboxylic acids is 1. The Morgan fingerprint density at radius 3 is 2.47 bits per heavy atom. The maximum absolute atomic E-state index is 13.2. The molecule has 30 heavy (non-hydrogen) atoms. The number of nitrogens with one attached hydrogen (secondary N) is 1. The molecular weight excluding hydrogens is 380 g/mol. The van der Waals surface area contributed by atoms with E-state index in [2.05, 4.69) is 15.0 Å². The van der Waals surface area contributed by atoms with Crippen molar-refractivity contribution in [2.45, 2.75) is 13.1 Å². The highest BCUT2D eigenvalue weighted by molar-refractivity contribution is 5.94. The summed E-state index contributed by atoms with van der Waals surface area (Å²) in [5.74, 6) is 0.991. The number of aromatic nitrogens is 3. The molecule has 0 saturated carbocycles. The molecule has 0 bridgehead atoms. The molecule has 0 radical (unpaired) electrons.